The second-order valence-corrected chi connectivity index (χ2v) is 6.42. The quantitative estimate of drug-likeness (QED) is 0.889. The van der Waals surface area contributed by atoms with E-state index in [1.54, 1.807) is 0 Å². The zero-order chi connectivity index (χ0) is 13.3. The molecule has 1 heterocycles. The molecule has 2 nitrogen and oxygen atoms in total. The van der Waals surface area contributed by atoms with Gasteiger partial charge < -0.3 is 10.5 Å². The average Bonchev–Trinajstić information content (AvgIpc) is 2.93. The number of hydrogen-bond donors (Lipinski definition) is 1. The lowest BCUT2D eigenvalue weighted by Gasteiger charge is -2.34. The van der Waals surface area contributed by atoms with Crippen LogP contribution in [-0.2, 0) is 10.3 Å². The van der Waals surface area contributed by atoms with E-state index >= 15 is 0 Å². The van der Waals surface area contributed by atoms with Gasteiger partial charge >= 0.3 is 0 Å². The van der Waals surface area contributed by atoms with E-state index in [0.717, 1.165) is 37.5 Å². The molecule has 1 unspecified atom stereocenters. The molecular weight excluding hydrogens is 258 g/mol. The molecule has 0 bridgehead atoms. The molecule has 0 spiro atoms. The van der Waals surface area contributed by atoms with Crippen molar-refractivity contribution < 1.29 is 4.74 Å². The molecule has 1 aromatic rings. The minimum atomic E-state index is -0.160. The molecule has 3 rings (SSSR count). The molecule has 1 aliphatic heterocycles. The van der Waals surface area contributed by atoms with E-state index in [1.807, 2.05) is 0 Å². The van der Waals surface area contributed by atoms with E-state index in [4.69, 9.17) is 22.1 Å². The predicted molar refractivity (Wildman–Crippen MR) is 78.6 cm³/mol. The van der Waals surface area contributed by atoms with E-state index in [1.165, 1.54) is 30.4 Å². The summed E-state index contributed by atoms with van der Waals surface area (Å²) in [6.07, 6.45) is 7.00. The number of rotatable bonds is 2. The molecular formula is C16H22ClNO. The molecule has 3 heteroatoms. The standard InChI is InChI=1S/C16H22ClNO/c17-15-10-13(16(18)7-2-1-3-8-16)4-5-14(15)12-6-9-19-11-12/h4-5,10,12H,1-3,6-9,11,18H2. The highest BCUT2D eigenvalue weighted by Crippen LogP contribution is 2.38. The minimum absolute atomic E-state index is 0.160. The van der Waals surface area contributed by atoms with Crippen molar-refractivity contribution in [1.29, 1.82) is 0 Å². The van der Waals surface area contributed by atoms with Crippen molar-refractivity contribution in [2.75, 3.05) is 13.2 Å². The Morgan fingerprint density at radius 3 is 2.63 bits per heavy atom. The lowest BCUT2D eigenvalue weighted by Crippen LogP contribution is -2.38. The third-order valence-electron chi connectivity index (χ3n) is 4.69. The highest BCUT2D eigenvalue weighted by atomic mass is 35.5. The van der Waals surface area contributed by atoms with Gasteiger partial charge in [0.25, 0.3) is 0 Å². The monoisotopic (exact) mass is 279 g/mol. The van der Waals surface area contributed by atoms with Gasteiger partial charge in [0.15, 0.2) is 0 Å². The largest absolute Gasteiger partial charge is 0.381 e. The highest BCUT2D eigenvalue weighted by molar-refractivity contribution is 6.31. The van der Waals surface area contributed by atoms with Crippen molar-refractivity contribution in [1.82, 2.24) is 0 Å². The van der Waals surface area contributed by atoms with Crippen LogP contribution in [0.3, 0.4) is 0 Å². The van der Waals surface area contributed by atoms with Gasteiger partial charge in [0.2, 0.25) is 0 Å². The van der Waals surface area contributed by atoms with Gasteiger partial charge in [-0.15, -0.1) is 0 Å². The van der Waals surface area contributed by atoms with Crippen molar-refractivity contribution in [3.63, 3.8) is 0 Å². The van der Waals surface area contributed by atoms with Gasteiger partial charge in [0.1, 0.15) is 0 Å². The Balaban J connectivity index is 1.86. The van der Waals surface area contributed by atoms with Crippen LogP contribution in [0.25, 0.3) is 0 Å². The van der Waals surface area contributed by atoms with Crippen LogP contribution >= 0.6 is 11.6 Å². The van der Waals surface area contributed by atoms with Crippen LogP contribution in [0.2, 0.25) is 5.02 Å². The normalized spacial score (nSPS) is 26.5. The maximum atomic E-state index is 6.57. The molecule has 2 N–H and O–H groups in total. The first kappa shape index (κ1) is 13.4. The maximum Gasteiger partial charge on any atom is 0.0536 e. The predicted octanol–water partition coefficient (Wildman–Crippen LogP) is 3.96. The number of nitrogens with two attached hydrogens (primary N) is 1. The molecule has 0 amide bonds. The van der Waals surface area contributed by atoms with E-state index in [9.17, 15) is 0 Å². The molecule has 0 aromatic heterocycles. The number of hydrogen-bond acceptors (Lipinski definition) is 2. The van der Waals surface area contributed by atoms with Crippen LogP contribution in [0.15, 0.2) is 18.2 Å². The fraction of sp³-hybridized carbons (Fsp3) is 0.625. The summed E-state index contributed by atoms with van der Waals surface area (Å²) in [5, 5.41) is 0.864. The second-order valence-electron chi connectivity index (χ2n) is 6.01. The Morgan fingerprint density at radius 2 is 2.00 bits per heavy atom. The Labute approximate surface area is 120 Å². The molecule has 2 aliphatic rings. The second kappa shape index (κ2) is 5.43. The first-order chi connectivity index (χ1) is 9.19. The van der Waals surface area contributed by atoms with Gasteiger partial charge in [-0.3, -0.25) is 0 Å². The van der Waals surface area contributed by atoms with Gasteiger partial charge in [-0.25, -0.2) is 0 Å². The smallest absolute Gasteiger partial charge is 0.0536 e. The first-order valence-electron chi connectivity index (χ1n) is 7.36. The minimum Gasteiger partial charge on any atom is -0.381 e. The van der Waals surface area contributed by atoms with E-state index in [0.29, 0.717) is 5.92 Å². The van der Waals surface area contributed by atoms with Crippen molar-refractivity contribution in [3.8, 4) is 0 Å². The molecule has 1 atom stereocenters. The number of halogens is 1. The summed E-state index contributed by atoms with van der Waals surface area (Å²) >= 11 is 6.48. The zero-order valence-corrected chi connectivity index (χ0v) is 12.1. The van der Waals surface area contributed by atoms with Crippen molar-refractivity contribution in [2.45, 2.75) is 50.0 Å². The lowest BCUT2D eigenvalue weighted by atomic mass is 9.77. The van der Waals surface area contributed by atoms with E-state index in [-0.39, 0.29) is 5.54 Å². The van der Waals surface area contributed by atoms with Gasteiger partial charge in [-0.05, 0) is 36.5 Å². The summed E-state index contributed by atoms with van der Waals surface area (Å²) in [5.74, 6) is 0.460. The van der Waals surface area contributed by atoms with Gasteiger partial charge in [0.05, 0.1) is 6.61 Å². The summed E-state index contributed by atoms with van der Waals surface area (Å²) < 4.78 is 5.45. The van der Waals surface area contributed by atoms with Crippen LogP contribution in [0.4, 0.5) is 0 Å². The van der Waals surface area contributed by atoms with Crippen LogP contribution in [0.1, 0.15) is 55.6 Å². The first-order valence-corrected chi connectivity index (χ1v) is 7.73. The van der Waals surface area contributed by atoms with Gasteiger partial charge in [0, 0.05) is 23.1 Å². The summed E-state index contributed by atoms with van der Waals surface area (Å²) in [7, 11) is 0. The zero-order valence-electron chi connectivity index (χ0n) is 11.3. The molecule has 2 fully saturated rings. The number of benzene rings is 1. The maximum absolute atomic E-state index is 6.57. The summed E-state index contributed by atoms with van der Waals surface area (Å²) in [6.45, 7) is 1.65. The number of ether oxygens (including phenoxy) is 1. The molecule has 1 saturated heterocycles. The molecule has 1 aliphatic carbocycles. The Bertz CT molecular complexity index is 448. The Morgan fingerprint density at radius 1 is 1.21 bits per heavy atom. The molecule has 1 saturated carbocycles. The summed E-state index contributed by atoms with van der Waals surface area (Å²) in [6, 6.07) is 6.45. The van der Waals surface area contributed by atoms with Crippen molar-refractivity contribution >= 4 is 11.6 Å². The molecule has 19 heavy (non-hydrogen) atoms. The topological polar surface area (TPSA) is 35.2 Å². The Kier molecular flexibility index (Phi) is 3.84. The van der Waals surface area contributed by atoms with E-state index < -0.39 is 0 Å². The fourth-order valence-electron chi connectivity index (χ4n) is 3.42. The van der Waals surface area contributed by atoms with E-state index in [2.05, 4.69) is 18.2 Å². The van der Waals surface area contributed by atoms with Gasteiger partial charge in [-0.2, -0.15) is 0 Å². The third kappa shape index (κ3) is 2.67. The van der Waals surface area contributed by atoms with Crippen LogP contribution in [-0.4, -0.2) is 13.2 Å². The van der Waals surface area contributed by atoms with Crippen LogP contribution < -0.4 is 5.73 Å². The SMILES string of the molecule is NC1(c2ccc(C3CCOC3)c(Cl)c2)CCCCC1. The molecule has 104 valence electrons. The average molecular weight is 280 g/mol. The fourth-order valence-corrected chi connectivity index (χ4v) is 3.75. The van der Waals surface area contributed by atoms with Crippen molar-refractivity contribution in [3.05, 3.63) is 34.3 Å². The van der Waals surface area contributed by atoms with Crippen LogP contribution in [0, 0.1) is 0 Å². The lowest BCUT2D eigenvalue weighted by molar-refractivity contribution is 0.194. The van der Waals surface area contributed by atoms with Crippen LogP contribution in [0.5, 0.6) is 0 Å². The molecule has 0 radical (unpaired) electrons. The van der Waals surface area contributed by atoms with Gasteiger partial charge in [-0.1, -0.05) is 43.0 Å². The third-order valence-corrected chi connectivity index (χ3v) is 5.02. The van der Waals surface area contributed by atoms with Crippen molar-refractivity contribution in [2.24, 2.45) is 5.73 Å². The summed E-state index contributed by atoms with van der Waals surface area (Å²) in [5.41, 5.74) is 8.84. The Hall–Kier alpha value is -0.570. The molecule has 1 aromatic carbocycles. The summed E-state index contributed by atoms with van der Waals surface area (Å²) in [4.78, 5) is 0. The highest BCUT2D eigenvalue weighted by Gasteiger charge is 2.30.